The number of likely N-dealkylation sites (N-methyl/N-ethyl adjacent to an activating group) is 1. The fraction of sp³-hybridized carbons (Fsp3) is 0.562. The van der Waals surface area contributed by atoms with Crippen molar-refractivity contribution in [3.8, 4) is 5.75 Å². The molecule has 0 amide bonds. The molecule has 0 fully saturated rings. The summed E-state index contributed by atoms with van der Waals surface area (Å²) in [4.78, 5) is 14.8. The molecule has 19 heavy (non-hydrogen) atoms. The van der Waals surface area contributed by atoms with Crippen molar-refractivity contribution in [1.29, 1.82) is 0 Å². The van der Waals surface area contributed by atoms with Crippen LogP contribution in [0.3, 0.4) is 0 Å². The summed E-state index contributed by atoms with van der Waals surface area (Å²) in [7, 11) is 5.56. The minimum absolute atomic E-state index is 0.170. The molecule has 0 heterocycles. The van der Waals surface area contributed by atoms with E-state index in [2.05, 4.69) is 0 Å². The van der Waals surface area contributed by atoms with Gasteiger partial charge in [0.2, 0.25) is 0 Å². The van der Waals surface area contributed by atoms with Crippen LogP contribution in [0.25, 0.3) is 0 Å². The number of carbonyl (C=O) groups excluding carboxylic acids is 1. The largest absolute Gasteiger partial charge is 0.496 e. The Kier molecular flexibility index (Phi) is 4.75. The minimum atomic E-state index is -0.466. The van der Waals surface area contributed by atoms with E-state index in [1.807, 2.05) is 58.8 Å². The van der Waals surface area contributed by atoms with Gasteiger partial charge < -0.3 is 4.74 Å². The summed E-state index contributed by atoms with van der Waals surface area (Å²) in [5, 5.41) is 0. The predicted molar refractivity (Wildman–Crippen MR) is 79.2 cm³/mol. The molecule has 0 bridgehead atoms. The Hall–Kier alpha value is -1.35. The molecule has 0 spiro atoms. The number of Topliss-reactive ketones (excluding diaryl/α,β-unsaturated/α-hetero) is 1. The zero-order valence-corrected chi connectivity index (χ0v) is 13.1. The van der Waals surface area contributed by atoms with E-state index < -0.39 is 5.54 Å². The van der Waals surface area contributed by atoms with Crippen molar-refractivity contribution in [2.75, 3.05) is 21.2 Å². The fourth-order valence-electron chi connectivity index (χ4n) is 2.22. The molecule has 0 aliphatic carbocycles. The molecular weight excluding hydrogens is 238 g/mol. The molecule has 1 unspecified atom stereocenters. The van der Waals surface area contributed by atoms with Gasteiger partial charge in [0, 0.05) is 5.56 Å². The van der Waals surface area contributed by atoms with E-state index in [-0.39, 0.29) is 5.78 Å². The van der Waals surface area contributed by atoms with Gasteiger partial charge in [-0.1, -0.05) is 6.92 Å². The lowest BCUT2D eigenvalue weighted by atomic mass is 9.85. The minimum Gasteiger partial charge on any atom is -0.496 e. The Labute approximate surface area is 116 Å². The highest BCUT2D eigenvalue weighted by molar-refractivity contribution is 6.04. The summed E-state index contributed by atoms with van der Waals surface area (Å²) in [6.07, 6.45) is 0.781. The maximum atomic E-state index is 12.8. The average Bonchev–Trinajstić information content (AvgIpc) is 2.38. The third-order valence-electron chi connectivity index (χ3n) is 4.15. The van der Waals surface area contributed by atoms with Gasteiger partial charge in [-0.15, -0.1) is 0 Å². The number of carbonyl (C=O) groups is 1. The van der Waals surface area contributed by atoms with Crippen molar-refractivity contribution in [2.24, 2.45) is 0 Å². The zero-order chi connectivity index (χ0) is 14.8. The van der Waals surface area contributed by atoms with Crippen LogP contribution in [0.4, 0.5) is 0 Å². The SMILES string of the molecule is CCC(C)(C(=O)c1cc(C)c(OC)cc1C)N(C)C. The Morgan fingerprint density at radius 3 is 2.26 bits per heavy atom. The summed E-state index contributed by atoms with van der Waals surface area (Å²) >= 11 is 0. The normalized spacial score (nSPS) is 14.3. The highest BCUT2D eigenvalue weighted by Gasteiger charge is 2.35. The molecule has 3 nitrogen and oxygen atoms in total. The summed E-state index contributed by atoms with van der Waals surface area (Å²) < 4.78 is 5.30. The number of hydrogen-bond acceptors (Lipinski definition) is 3. The zero-order valence-electron chi connectivity index (χ0n) is 13.1. The van der Waals surface area contributed by atoms with Gasteiger partial charge in [-0.2, -0.15) is 0 Å². The second kappa shape index (κ2) is 5.74. The number of aryl methyl sites for hydroxylation is 2. The second-order valence-electron chi connectivity index (χ2n) is 5.49. The fourth-order valence-corrected chi connectivity index (χ4v) is 2.22. The third-order valence-corrected chi connectivity index (χ3v) is 4.15. The van der Waals surface area contributed by atoms with Crippen molar-refractivity contribution in [1.82, 2.24) is 4.90 Å². The van der Waals surface area contributed by atoms with E-state index in [9.17, 15) is 4.79 Å². The van der Waals surface area contributed by atoms with Crippen LogP contribution in [0.1, 0.15) is 41.8 Å². The molecule has 0 saturated carbocycles. The van der Waals surface area contributed by atoms with Gasteiger partial charge in [0.1, 0.15) is 5.75 Å². The van der Waals surface area contributed by atoms with Crippen LogP contribution in [-0.4, -0.2) is 37.4 Å². The highest BCUT2D eigenvalue weighted by atomic mass is 16.5. The first-order valence-electron chi connectivity index (χ1n) is 6.65. The van der Waals surface area contributed by atoms with E-state index in [0.29, 0.717) is 0 Å². The topological polar surface area (TPSA) is 29.5 Å². The van der Waals surface area contributed by atoms with Crippen molar-refractivity contribution in [2.45, 2.75) is 39.7 Å². The van der Waals surface area contributed by atoms with Gasteiger partial charge in [0.15, 0.2) is 5.78 Å². The van der Waals surface area contributed by atoms with E-state index in [4.69, 9.17) is 4.74 Å². The van der Waals surface area contributed by atoms with Crippen LogP contribution >= 0.6 is 0 Å². The Balaban J connectivity index is 3.31. The van der Waals surface area contributed by atoms with Crippen LogP contribution in [0.5, 0.6) is 5.75 Å². The maximum absolute atomic E-state index is 12.8. The molecule has 0 aliphatic rings. The summed E-state index contributed by atoms with van der Waals surface area (Å²) in [6.45, 7) is 7.97. The van der Waals surface area contributed by atoms with Crippen LogP contribution in [-0.2, 0) is 0 Å². The highest BCUT2D eigenvalue weighted by Crippen LogP contribution is 2.28. The van der Waals surface area contributed by atoms with Gasteiger partial charge in [0.25, 0.3) is 0 Å². The van der Waals surface area contributed by atoms with Gasteiger partial charge in [-0.3, -0.25) is 9.69 Å². The van der Waals surface area contributed by atoms with Crippen LogP contribution in [0.15, 0.2) is 12.1 Å². The Morgan fingerprint density at radius 1 is 1.26 bits per heavy atom. The molecule has 1 atom stereocenters. The first-order chi connectivity index (χ1) is 8.77. The molecule has 0 N–H and O–H groups in total. The van der Waals surface area contributed by atoms with Gasteiger partial charge in [-0.05, 0) is 64.5 Å². The van der Waals surface area contributed by atoms with E-state index >= 15 is 0 Å². The molecule has 106 valence electrons. The Morgan fingerprint density at radius 2 is 1.84 bits per heavy atom. The lowest BCUT2D eigenvalue weighted by molar-refractivity contribution is 0.0710. The van der Waals surface area contributed by atoms with E-state index in [1.165, 1.54) is 0 Å². The van der Waals surface area contributed by atoms with E-state index in [1.54, 1.807) is 7.11 Å². The molecule has 0 aromatic heterocycles. The van der Waals surface area contributed by atoms with E-state index in [0.717, 1.165) is 28.9 Å². The number of benzene rings is 1. The summed E-state index contributed by atoms with van der Waals surface area (Å²) in [5.41, 5.74) is 2.28. The summed E-state index contributed by atoms with van der Waals surface area (Å²) in [5.74, 6) is 1.00. The third kappa shape index (κ3) is 2.81. The van der Waals surface area contributed by atoms with Crippen LogP contribution in [0.2, 0.25) is 0 Å². The summed E-state index contributed by atoms with van der Waals surface area (Å²) in [6, 6.07) is 3.88. The number of hydrogen-bond donors (Lipinski definition) is 0. The standard InChI is InChI=1S/C16H25NO2/c1-8-16(4,17(5)6)15(18)13-9-12(3)14(19-7)10-11(13)2/h9-10H,8H2,1-7H3. The first-order valence-corrected chi connectivity index (χ1v) is 6.65. The van der Waals surface area contributed by atoms with Gasteiger partial charge >= 0.3 is 0 Å². The van der Waals surface area contributed by atoms with Gasteiger partial charge in [-0.25, -0.2) is 0 Å². The predicted octanol–water partition coefficient (Wildman–Crippen LogP) is 3.23. The number of ketones is 1. The van der Waals surface area contributed by atoms with Crippen molar-refractivity contribution >= 4 is 5.78 Å². The van der Waals surface area contributed by atoms with Gasteiger partial charge in [0.05, 0.1) is 12.6 Å². The smallest absolute Gasteiger partial charge is 0.183 e. The molecule has 3 heteroatoms. The number of rotatable bonds is 5. The molecule has 0 saturated heterocycles. The number of nitrogens with zero attached hydrogens (tertiary/aromatic N) is 1. The first kappa shape index (κ1) is 15.7. The molecule has 1 rings (SSSR count). The molecule has 0 radical (unpaired) electrons. The number of ether oxygens (including phenoxy) is 1. The molecule has 1 aromatic carbocycles. The monoisotopic (exact) mass is 263 g/mol. The van der Waals surface area contributed by atoms with Crippen molar-refractivity contribution in [3.05, 3.63) is 28.8 Å². The van der Waals surface area contributed by atoms with Crippen LogP contribution in [0, 0.1) is 13.8 Å². The van der Waals surface area contributed by atoms with Crippen molar-refractivity contribution < 1.29 is 9.53 Å². The molecule has 1 aromatic rings. The van der Waals surface area contributed by atoms with Crippen LogP contribution < -0.4 is 4.74 Å². The van der Waals surface area contributed by atoms with Crippen molar-refractivity contribution in [3.63, 3.8) is 0 Å². The quantitative estimate of drug-likeness (QED) is 0.764. The molecular formula is C16H25NO2. The second-order valence-corrected chi connectivity index (χ2v) is 5.49. The Bertz CT molecular complexity index is 480. The maximum Gasteiger partial charge on any atom is 0.183 e. The lowest BCUT2D eigenvalue weighted by Crippen LogP contribution is -2.48. The number of methoxy groups -OCH3 is 1. The average molecular weight is 263 g/mol. The lowest BCUT2D eigenvalue weighted by Gasteiger charge is -2.34. The molecule has 0 aliphatic heterocycles.